The number of esters is 1. The van der Waals surface area contributed by atoms with Crippen molar-refractivity contribution in [1.82, 2.24) is 10.6 Å². The molecule has 0 heterocycles. The largest absolute Gasteiger partial charge is 0.427 e. The average molecular weight is 384 g/mol. The molecule has 2 amide bonds. The summed E-state index contributed by atoms with van der Waals surface area (Å²) in [6.07, 6.45) is 3.50. The van der Waals surface area contributed by atoms with E-state index in [-0.39, 0.29) is 17.6 Å². The first-order valence-electron chi connectivity index (χ1n) is 8.72. The molecule has 2 aromatic rings. The van der Waals surface area contributed by atoms with Crippen molar-refractivity contribution in [2.24, 2.45) is 0 Å². The van der Waals surface area contributed by atoms with Crippen LogP contribution < -0.4 is 15.4 Å². The van der Waals surface area contributed by atoms with Crippen LogP contribution in [0.2, 0.25) is 0 Å². The Morgan fingerprint density at radius 1 is 1.04 bits per heavy atom. The van der Waals surface area contributed by atoms with Crippen LogP contribution in [0.4, 0.5) is 4.39 Å². The van der Waals surface area contributed by atoms with Crippen molar-refractivity contribution in [1.29, 1.82) is 0 Å². The summed E-state index contributed by atoms with van der Waals surface area (Å²) in [5, 5.41) is 5.43. The molecule has 0 spiro atoms. The lowest BCUT2D eigenvalue weighted by Gasteiger charge is -2.07. The zero-order valence-electron chi connectivity index (χ0n) is 15.4. The van der Waals surface area contributed by atoms with Crippen molar-refractivity contribution >= 4 is 23.9 Å². The highest BCUT2D eigenvalue weighted by molar-refractivity contribution is 5.94. The van der Waals surface area contributed by atoms with Gasteiger partial charge in [0.1, 0.15) is 11.6 Å². The molecular weight excluding hydrogens is 363 g/mol. The zero-order valence-corrected chi connectivity index (χ0v) is 15.4. The quantitative estimate of drug-likeness (QED) is 0.317. The third-order valence-corrected chi connectivity index (χ3v) is 3.59. The van der Waals surface area contributed by atoms with Gasteiger partial charge in [-0.1, -0.05) is 18.2 Å². The van der Waals surface area contributed by atoms with E-state index < -0.39 is 5.97 Å². The van der Waals surface area contributed by atoms with Gasteiger partial charge in [0.15, 0.2) is 0 Å². The molecule has 0 atom stereocenters. The van der Waals surface area contributed by atoms with E-state index >= 15 is 0 Å². The molecule has 28 heavy (non-hydrogen) atoms. The van der Waals surface area contributed by atoms with Gasteiger partial charge in [-0.05, 0) is 48.4 Å². The highest BCUT2D eigenvalue weighted by Gasteiger charge is 2.07. The van der Waals surface area contributed by atoms with Gasteiger partial charge in [0.25, 0.3) is 5.91 Å². The molecule has 6 nitrogen and oxygen atoms in total. The number of benzene rings is 2. The Labute approximate surface area is 162 Å². The van der Waals surface area contributed by atoms with Crippen molar-refractivity contribution in [3.63, 3.8) is 0 Å². The number of amides is 2. The molecule has 7 heteroatoms. The first kappa shape index (κ1) is 20.8. The highest BCUT2D eigenvalue weighted by Crippen LogP contribution is 2.13. The van der Waals surface area contributed by atoms with Crippen molar-refractivity contribution < 1.29 is 23.5 Å². The van der Waals surface area contributed by atoms with E-state index in [4.69, 9.17) is 4.74 Å². The van der Waals surface area contributed by atoms with E-state index in [1.54, 1.807) is 36.4 Å². The number of hydrogen-bond donors (Lipinski definition) is 2. The molecule has 0 aliphatic heterocycles. The standard InChI is InChI=1S/C21H21FN2O4/c1-15(25)28-19-5-2-4-17(14-19)21(27)24-13-3-12-23-20(26)11-8-16-6-9-18(22)10-7-16/h2,4-11,14H,3,12-13H2,1H3,(H,23,26)(H,24,27)/b11-8+. The minimum absolute atomic E-state index is 0.273. The van der Waals surface area contributed by atoms with Gasteiger partial charge < -0.3 is 15.4 Å². The first-order valence-corrected chi connectivity index (χ1v) is 8.72. The van der Waals surface area contributed by atoms with E-state index in [1.807, 2.05) is 0 Å². The monoisotopic (exact) mass is 384 g/mol. The summed E-state index contributed by atoms with van der Waals surface area (Å²) in [6.45, 7) is 2.05. The van der Waals surface area contributed by atoms with Crippen LogP contribution in [0.15, 0.2) is 54.6 Å². The van der Waals surface area contributed by atoms with E-state index in [2.05, 4.69) is 10.6 Å². The summed E-state index contributed by atoms with van der Waals surface area (Å²) in [4.78, 5) is 34.8. The molecule has 0 unspecified atom stereocenters. The van der Waals surface area contributed by atoms with Gasteiger partial charge in [-0.3, -0.25) is 14.4 Å². The molecule has 0 aromatic heterocycles. The molecule has 0 saturated carbocycles. The second-order valence-electron chi connectivity index (χ2n) is 5.91. The van der Waals surface area contributed by atoms with Crippen LogP contribution >= 0.6 is 0 Å². The number of carbonyl (C=O) groups excluding carboxylic acids is 3. The second-order valence-corrected chi connectivity index (χ2v) is 5.91. The fraction of sp³-hybridized carbons (Fsp3) is 0.190. The molecule has 0 bridgehead atoms. The number of hydrogen-bond acceptors (Lipinski definition) is 4. The second kappa shape index (κ2) is 10.6. The molecule has 146 valence electrons. The van der Waals surface area contributed by atoms with Gasteiger partial charge in [-0.2, -0.15) is 0 Å². The van der Waals surface area contributed by atoms with E-state index in [9.17, 15) is 18.8 Å². The van der Waals surface area contributed by atoms with Gasteiger partial charge in [-0.15, -0.1) is 0 Å². The van der Waals surface area contributed by atoms with Crippen molar-refractivity contribution in [3.05, 3.63) is 71.6 Å². The minimum Gasteiger partial charge on any atom is -0.427 e. The zero-order chi connectivity index (χ0) is 20.4. The number of nitrogens with one attached hydrogen (secondary N) is 2. The number of ether oxygens (including phenoxy) is 1. The molecule has 0 fully saturated rings. The molecule has 0 radical (unpaired) electrons. The molecular formula is C21H21FN2O4. The fourth-order valence-electron chi connectivity index (χ4n) is 2.28. The Morgan fingerprint density at radius 3 is 2.46 bits per heavy atom. The van der Waals surface area contributed by atoms with Crippen LogP contribution in [-0.2, 0) is 9.59 Å². The normalized spacial score (nSPS) is 10.5. The van der Waals surface area contributed by atoms with Crippen LogP contribution in [0.25, 0.3) is 6.08 Å². The Balaban J connectivity index is 1.68. The maximum Gasteiger partial charge on any atom is 0.308 e. The van der Waals surface area contributed by atoms with Crippen LogP contribution in [0.3, 0.4) is 0 Å². The van der Waals surface area contributed by atoms with Gasteiger partial charge in [0.05, 0.1) is 0 Å². The molecule has 2 rings (SSSR count). The highest BCUT2D eigenvalue weighted by atomic mass is 19.1. The van der Waals surface area contributed by atoms with Crippen LogP contribution in [0.1, 0.15) is 29.3 Å². The predicted molar refractivity (Wildman–Crippen MR) is 103 cm³/mol. The number of rotatable bonds is 8. The average Bonchev–Trinajstić information content (AvgIpc) is 2.67. The molecule has 2 aromatic carbocycles. The van der Waals surface area contributed by atoms with Gasteiger partial charge >= 0.3 is 5.97 Å². The molecule has 2 N–H and O–H groups in total. The van der Waals surface area contributed by atoms with Crippen LogP contribution in [0, 0.1) is 5.82 Å². The SMILES string of the molecule is CC(=O)Oc1cccc(C(=O)NCCCNC(=O)/C=C/c2ccc(F)cc2)c1. The number of carbonyl (C=O) groups is 3. The van der Waals surface area contributed by atoms with Gasteiger partial charge in [0.2, 0.25) is 5.91 Å². The van der Waals surface area contributed by atoms with E-state index in [1.165, 1.54) is 31.2 Å². The Hall–Kier alpha value is -3.48. The summed E-state index contributed by atoms with van der Waals surface area (Å²) in [6, 6.07) is 12.1. The lowest BCUT2D eigenvalue weighted by molar-refractivity contribution is -0.131. The lowest BCUT2D eigenvalue weighted by atomic mass is 10.2. The van der Waals surface area contributed by atoms with Crippen molar-refractivity contribution in [2.75, 3.05) is 13.1 Å². The topological polar surface area (TPSA) is 84.5 Å². The Morgan fingerprint density at radius 2 is 1.75 bits per heavy atom. The van der Waals surface area contributed by atoms with Crippen LogP contribution in [0.5, 0.6) is 5.75 Å². The van der Waals surface area contributed by atoms with Crippen LogP contribution in [-0.4, -0.2) is 30.9 Å². The fourth-order valence-corrected chi connectivity index (χ4v) is 2.28. The van der Waals surface area contributed by atoms with E-state index in [0.717, 1.165) is 5.56 Å². The molecule has 0 aliphatic carbocycles. The predicted octanol–water partition coefficient (Wildman–Crippen LogP) is 2.70. The summed E-state index contributed by atoms with van der Waals surface area (Å²) in [7, 11) is 0. The van der Waals surface area contributed by atoms with Crippen molar-refractivity contribution in [2.45, 2.75) is 13.3 Å². The molecule has 0 saturated heterocycles. The minimum atomic E-state index is -0.457. The summed E-state index contributed by atoms with van der Waals surface area (Å²) in [5.74, 6) is -1.05. The Kier molecular flexibility index (Phi) is 7.90. The first-order chi connectivity index (χ1) is 13.4. The lowest BCUT2D eigenvalue weighted by Crippen LogP contribution is -2.29. The third kappa shape index (κ3) is 7.41. The van der Waals surface area contributed by atoms with Gasteiger partial charge in [-0.25, -0.2) is 4.39 Å². The molecule has 0 aliphatic rings. The summed E-state index contributed by atoms with van der Waals surface area (Å²) >= 11 is 0. The van der Waals surface area contributed by atoms with E-state index in [0.29, 0.717) is 30.8 Å². The smallest absolute Gasteiger partial charge is 0.308 e. The number of halogens is 1. The maximum absolute atomic E-state index is 12.8. The Bertz CT molecular complexity index is 863. The summed E-state index contributed by atoms with van der Waals surface area (Å²) in [5.41, 5.74) is 1.10. The summed E-state index contributed by atoms with van der Waals surface area (Å²) < 4.78 is 17.8. The maximum atomic E-state index is 12.8. The van der Waals surface area contributed by atoms with Crippen molar-refractivity contribution in [3.8, 4) is 5.75 Å². The van der Waals surface area contributed by atoms with Gasteiger partial charge in [0, 0.05) is 31.7 Å². The third-order valence-electron chi connectivity index (χ3n) is 3.59.